The van der Waals surface area contributed by atoms with Crippen molar-refractivity contribution < 1.29 is 4.79 Å². The second-order valence-corrected chi connectivity index (χ2v) is 6.22. The summed E-state index contributed by atoms with van der Waals surface area (Å²) in [7, 11) is 0. The van der Waals surface area contributed by atoms with Crippen LogP contribution < -0.4 is 5.43 Å². The molecule has 0 fully saturated rings. The van der Waals surface area contributed by atoms with E-state index in [1.54, 1.807) is 6.07 Å². The van der Waals surface area contributed by atoms with Crippen LogP contribution in [0.5, 0.6) is 0 Å². The Labute approximate surface area is 153 Å². The van der Waals surface area contributed by atoms with Crippen LogP contribution in [0.1, 0.15) is 41.0 Å². The maximum Gasteiger partial charge on any atom is 0.289 e. The molecule has 0 atom stereocenters. The third-order valence-electron chi connectivity index (χ3n) is 4.27. The fourth-order valence-corrected chi connectivity index (χ4v) is 2.55. The van der Waals surface area contributed by atoms with E-state index in [1.807, 2.05) is 50.2 Å². The number of hydrogen-bond donors (Lipinski definition) is 2. The van der Waals surface area contributed by atoms with Crippen LogP contribution in [0.25, 0.3) is 11.3 Å². The highest BCUT2D eigenvalue weighted by Gasteiger charge is 2.11. The first kappa shape index (κ1) is 17.6. The zero-order chi connectivity index (χ0) is 18.5. The quantitative estimate of drug-likeness (QED) is 0.539. The number of rotatable bonds is 5. The molecule has 1 amide bonds. The van der Waals surface area contributed by atoms with Crippen molar-refractivity contribution in [3.05, 3.63) is 77.0 Å². The Morgan fingerprint density at radius 2 is 1.81 bits per heavy atom. The maximum atomic E-state index is 12.3. The van der Waals surface area contributed by atoms with Crippen molar-refractivity contribution >= 4 is 11.6 Å². The summed E-state index contributed by atoms with van der Waals surface area (Å²) in [5, 5.41) is 11.2. The number of hydrazone groups is 1. The summed E-state index contributed by atoms with van der Waals surface area (Å²) in [4.78, 5) is 12.3. The highest BCUT2D eigenvalue weighted by Crippen LogP contribution is 2.18. The zero-order valence-electron chi connectivity index (χ0n) is 15.2. The lowest BCUT2D eigenvalue weighted by Gasteiger charge is -2.02. The van der Waals surface area contributed by atoms with E-state index < -0.39 is 0 Å². The van der Waals surface area contributed by atoms with Gasteiger partial charge in [-0.3, -0.25) is 9.89 Å². The number of nitrogens with zero attached hydrogens (tertiary/aromatic N) is 2. The number of carbonyl (C=O) groups excluding carboxylic acids is 1. The number of benzene rings is 2. The monoisotopic (exact) mass is 346 g/mol. The van der Waals surface area contributed by atoms with Crippen LogP contribution in [0, 0.1) is 6.92 Å². The smallest absolute Gasteiger partial charge is 0.272 e. The number of H-pyrrole nitrogens is 1. The Balaban J connectivity index is 1.69. The Kier molecular flexibility index (Phi) is 5.27. The summed E-state index contributed by atoms with van der Waals surface area (Å²) in [6, 6.07) is 17.9. The molecular weight excluding hydrogens is 324 g/mol. The molecule has 1 aromatic heterocycles. The Hall–Kier alpha value is -3.21. The van der Waals surface area contributed by atoms with Gasteiger partial charge in [-0.25, -0.2) is 5.43 Å². The SMILES string of the molecule is CCc1ccc(-c2cc(C(=O)NN=C(C)c3ccc(C)cc3)[nH]n2)cc1. The molecule has 2 aromatic carbocycles. The molecule has 0 aliphatic carbocycles. The van der Waals surface area contributed by atoms with Gasteiger partial charge in [0.05, 0.1) is 11.4 Å². The summed E-state index contributed by atoms with van der Waals surface area (Å²) in [5.74, 6) is -0.319. The van der Waals surface area contributed by atoms with Gasteiger partial charge >= 0.3 is 0 Å². The molecule has 0 radical (unpaired) electrons. The van der Waals surface area contributed by atoms with Gasteiger partial charge in [-0.05, 0) is 37.5 Å². The number of amides is 1. The molecule has 3 rings (SSSR count). The second kappa shape index (κ2) is 7.78. The van der Waals surface area contributed by atoms with E-state index in [4.69, 9.17) is 0 Å². The first-order chi connectivity index (χ1) is 12.6. The van der Waals surface area contributed by atoms with Crippen LogP contribution in [0.4, 0.5) is 0 Å². The van der Waals surface area contributed by atoms with Crippen molar-refractivity contribution in [3.8, 4) is 11.3 Å². The van der Waals surface area contributed by atoms with E-state index in [9.17, 15) is 4.79 Å². The lowest BCUT2D eigenvalue weighted by Crippen LogP contribution is -2.19. The molecule has 0 aliphatic heterocycles. The van der Waals surface area contributed by atoms with Gasteiger partial charge in [0.25, 0.3) is 5.91 Å². The number of hydrogen-bond acceptors (Lipinski definition) is 3. The summed E-state index contributed by atoms with van der Waals surface area (Å²) in [6.07, 6.45) is 0.993. The topological polar surface area (TPSA) is 70.1 Å². The van der Waals surface area contributed by atoms with Crippen LogP contribution in [0.3, 0.4) is 0 Å². The van der Waals surface area contributed by atoms with Crippen LogP contribution in [-0.2, 0) is 6.42 Å². The molecule has 0 aliphatic rings. The van der Waals surface area contributed by atoms with Crippen LogP contribution in [-0.4, -0.2) is 21.8 Å². The molecule has 1 heterocycles. The van der Waals surface area contributed by atoms with Gasteiger partial charge in [0.1, 0.15) is 5.69 Å². The Morgan fingerprint density at radius 3 is 2.46 bits per heavy atom. The van der Waals surface area contributed by atoms with Gasteiger partial charge in [-0.1, -0.05) is 61.0 Å². The lowest BCUT2D eigenvalue weighted by atomic mass is 10.1. The molecule has 2 N–H and O–H groups in total. The number of carbonyl (C=O) groups is 1. The molecule has 0 bridgehead atoms. The standard InChI is InChI=1S/C21H22N4O/c1-4-16-7-11-18(12-8-16)19-13-20(24-23-19)21(26)25-22-15(3)17-9-5-14(2)6-10-17/h5-13H,4H2,1-3H3,(H,23,24)(H,25,26). The third kappa shape index (κ3) is 4.06. The number of aryl methyl sites for hydroxylation is 2. The van der Waals surface area contributed by atoms with E-state index >= 15 is 0 Å². The molecule has 5 nitrogen and oxygen atoms in total. The van der Waals surface area contributed by atoms with Crippen molar-refractivity contribution in [2.45, 2.75) is 27.2 Å². The summed E-state index contributed by atoms with van der Waals surface area (Å²) in [5.41, 5.74) is 8.81. The molecule has 26 heavy (non-hydrogen) atoms. The third-order valence-corrected chi connectivity index (χ3v) is 4.27. The molecule has 3 aromatic rings. The normalized spacial score (nSPS) is 11.4. The van der Waals surface area contributed by atoms with Crippen LogP contribution in [0.15, 0.2) is 59.7 Å². The molecule has 5 heteroatoms. The minimum atomic E-state index is -0.319. The Morgan fingerprint density at radius 1 is 1.12 bits per heavy atom. The van der Waals surface area contributed by atoms with E-state index in [-0.39, 0.29) is 5.91 Å². The van der Waals surface area contributed by atoms with E-state index in [0.717, 1.165) is 29.0 Å². The van der Waals surface area contributed by atoms with Crippen molar-refractivity contribution in [2.75, 3.05) is 0 Å². The average Bonchev–Trinajstić information content (AvgIpc) is 3.17. The van der Waals surface area contributed by atoms with E-state index in [2.05, 4.69) is 39.8 Å². The van der Waals surface area contributed by atoms with E-state index in [1.165, 1.54) is 11.1 Å². The predicted molar refractivity (Wildman–Crippen MR) is 104 cm³/mol. The van der Waals surface area contributed by atoms with Gasteiger partial charge in [0.15, 0.2) is 0 Å². The average molecular weight is 346 g/mol. The number of aromatic amines is 1. The number of nitrogens with one attached hydrogen (secondary N) is 2. The van der Waals surface area contributed by atoms with Crippen LogP contribution in [0.2, 0.25) is 0 Å². The van der Waals surface area contributed by atoms with Gasteiger partial charge in [0, 0.05) is 5.56 Å². The van der Waals surface area contributed by atoms with E-state index in [0.29, 0.717) is 5.69 Å². The van der Waals surface area contributed by atoms with Crippen molar-refractivity contribution in [3.63, 3.8) is 0 Å². The minimum absolute atomic E-state index is 0.319. The highest BCUT2D eigenvalue weighted by atomic mass is 16.2. The van der Waals surface area contributed by atoms with Gasteiger partial charge in [-0.2, -0.15) is 10.2 Å². The first-order valence-corrected chi connectivity index (χ1v) is 8.63. The van der Waals surface area contributed by atoms with Crippen molar-refractivity contribution in [2.24, 2.45) is 5.10 Å². The van der Waals surface area contributed by atoms with Crippen LogP contribution >= 0.6 is 0 Å². The minimum Gasteiger partial charge on any atom is -0.272 e. The van der Waals surface area contributed by atoms with Crippen molar-refractivity contribution in [1.82, 2.24) is 15.6 Å². The molecule has 132 valence electrons. The Bertz CT molecular complexity index is 921. The number of aromatic nitrogens is 2. The largest absolute Gasteiger partial charge is 0.289 e. The summed E-state index contributed by atoms with van der Waals surface area (Å²) in [6.45, 7) is 6.01. The maximum absolute atomic E-state index is 12.3. The molecule has 0 saturated heterocycles. The summed E-state index contributed by atoms with van der Waals surface area (Å²) < 4.78 is 0. The first-order valence-electron chi connectivity index (χ1n) is 8.63. The van der Waals surface area contributed by atoms with Crippen molar-refractivity contribution in [1.29, 1.82) is 0 Å². The highest BCUT2D eigenvalue weighted by molar-refractivity contribution is 6.00. The second-order valence-electron chi connectivity index (χ2n) is 6.22. The van der Waals surface area contributed by atoms with Gasteiger partial charge < -0.3 is 0 Å². The molecule has 0 unspecified atom stereocenters. The van der Waals surface area contributed by atoms with Gasteiger partial charge in [-0.15, -0.1) is 0 Å². The van der Waals surface area contributed by atoms with Gasteiger partial charge in [0.2, 0.25) is 0 Å². The fraction of sp³-hybridized carbons (Fsp3) is 0.190. The predicted octanol–water partition coefficient (Wildman–Crippen LogP) is 4.10. The lowest BCUT2D eigenvalue weighted by molar-refractivity contribution is 0.0950. The molecule has 0 saturated carbocycles. The summed E-state index contributed by atoms with van der Waals surface area (Å²) >= 11 is 0. The molecule has 0 spiro atoms. The zero-order valence-corrected chi connectivity index (χ0v) is 15.2. The fourth-order valence-electron chi connectivity index (χ4n) is 2.55. The molecular formula is C21H22N4O.